The molecule has 16 heavy (non-hydrogen) atoms. The SMILES string of the molecule is NC(=O)C#Cc1cc(C(=O)O)c(F)cc1F. The van der Waals surface area contributed by atoms with Crippen molar-refractivity contribution in [2.75, 3.05) is 0 Å². The van der Waals surface area contributed by atoms with E-state index in [4.69, 9.17) is 10.8 Å². The third-order valence-corrected chi connectivity index (χ3v) is 1.61. The zero-order valence-electron chi connectivity index (χ0n) is 7.75. The molecular formula is C10H5F2NO3. The predicted octanol–water partition coefficient (Wildman–Crippen LogP) is 0.500. The first-order valence-corrected chi connectivity index (χ1v) is 3.95. The third-order valence-electron chi connectivity index (χ3n) is 1.61. The van der Waals surface area contributed by atoms with E-state index >= 15 is 0 Å². The molecule has 0 bridgehead atoms. The van der Waals surface area contributed by atoms with Gasteiger partial charge in [0.25, 0.3) is 5.91 Å². The molecule has 82 valence electrons. The summed E-state index contributed by atoms with van der Waals surface area (Å²) in [6.07, 6.45) is 0. The van der Waals surface area contributed by atoms with Gasteiger partial charge in [0.15, 0.2) is 0 Å². The molecule has 0 aliphatic heterocycles. The van der Waals surface area contributed by atoms with Crippen molar-refractivity contribution in [3.05, 3.63) is 34.9 Å². The van der Waals surface area contributed by atoms with Crippen molar-refractivity contribution in [3.8, 4) is 11.8 Å². The summed E-state index contributed by atoms with van der Waals surface area (Å²) in [5.41, 5.74) is 3.56. The van der Waals surface area contributed by atoms with Crippen LogP contribution in [0.2, 0.25) is 0 Å². The van der Waals surface area contributed by atoms with Crippen LogP contribution in [0.3, 0.4) is 0 Å². The van der Waals surface area contributed by atoms with Gasteiger partial charge in [-0.15, -0.1) is 0 Å². The van der Waals surface area contributed by atoms with E-state index in [-0.39, 0.29) is 0 Å². The van der Waals surface area contributed by atoms with Crippen LogP contribution in [0.4, 0.5) is 8.78 Å². The number of rotatable bonds is 1. The fourth-order valence-electron chi connectivity index (χ4n) is 0.938. The van der Waals surface area contributed by atoms with Gasteiger partial charge in [0, 0.05) is 12.0 Å². The largest absolute Gasteiger partial charge is 0.478 e. The normalized spacial score (nSPS) is 9.12. The van der Waals surface area contributed by atoms with Gasteiger partial charge in [-0.1, -0.05) is 5.92 Å². The zero-order valence-corrected chi connectivity index (χ0v) is 7.75. The molecule has 0 aliphatic carbocycles. The molecule has 0 fully saturated rings. The number of benzene rings is 1. The summed E-state index contributed by atoms with van der Waals surface area (Å²) in [7, 11) is 0. The van der Waals surface area contributed by atoms with Crippen LogP contribution in [0.25, 0.3) is 0 Å². The average Bonchev–Trinajstić information content (AvgIpc) is 2.15. The standard InChI is InChI=1S/C10H5F2NO3/c11-7-4-8(12)6(10(15)16)3-5(7)1-2-9(13)14/h3-4H,(H2,13,14)(H,15,16). The number of carboxylic acids is 1. The number of nitrogens with two attached hydrogens (primary N) is 1. The lowest BCUT2D eigenvalue weighted by Gasteiger charge is -1.99. The molecule has 0 radical (unpaired) electrons. The van der Waals surface area contributed by atoms with Crippen molar-refractivity contribution in [1.82, 2.24) is 0 Å². The summed E-state index contributed by atoms with van der Waals surface area (Å²) in [5.74, 6) is -1.00. The summed E-state index contributed by atoms with van der Waals surface area (Å²) in [5, 5.41) is 8.56. The summed E-state index contributed by atoms with van der Waals surface area (Å²) in [6.45, 7) is 0. The maximum atomic E-state index is 13.1. The molecule has 1 aromatic rings. The number of carbonyl (C=O) groups excluding carboxylic acids is 1. The van der Waals surface area contributed by atoms with Crippen LogP contribution < -0.4 is 5.73 Å². The van der Waals surface area contributed by atoms with E-state index in [1.165, 1.54) is 0 Å². The number of amides is 1. The smallest absolute Gasteiger partial charge is 0.338 e. The zero-order chi connectivity index (χ0) is 12.3. The van der Waals surface area contributed by atoms with E-state index in [2.05, 4.69) is 0 Å². The van der Waals surface area contributed by atoms with E-state index < -0.39 is 34.6 Å². The quantitative estimate of drug-likeness (QED) is 0.683. The van der Waals surface area contributed by atoms with Crippen molar-refractivity contribution in [2.24, 2.45) is 5.73 Å². The predicted molar refractivity (Wildman–Crippen MR) is 49.4 cm³/mol. The summed E-state index contributed by atoms with van der Waals surface area (Å²) in [6, 6.07) is 1.08. The highest BCUT2D eigenvalue weighted by atomic mass is 19.1. The number of carbonyl (C=O) groups is 2. The lowest BCUT2D eigenvalue weighted by Crippen LogP contribution is -2.07. The number of aromatic carboxylic acids is 1. The average molecular weight is 225 g/mol. The molecule has 3 N–H and O–H groups in total. The minimum atomic E-state index is -1.56. The molecule has 0 spiro atoms. The van der Waals surface area contributed by atoms with Crippen LogP contribution >= 0.6 is 0 Å². The monoisotopic (exact) mass is 225 g/mol. The van der Waals surface area contributed by atoms with E-state index in [0.29, 0.717) is 12.1 Å². The number of hydrogen-bond donors (Lipinski definition) is 2. The Morgan fingerprint density at radius 1 is 1.25 bits per heavy atom. The molecule has 4 nitrogen and oxygen atoms in total. The van der Waals surface area contributed by atoms with Crippen molar-refractivity contribution in [2.45, 2.75) is 0 Å². The van der Waals surface area contributed by atoms with Gasteiger partial charge < -0.3 is 10.8 Å². The Labute approximate surface area is 88.7 Å². The number of hydrogen-bond acceptors (Lipinski definition) is 2. The second kappa shape index (κ2) is 4.40. The lowest BCUT2D eigenvalue weighted by atomic mass is 10.1. The van der Waals surface area contributed by atoms with Crippen molar-refractivity contribution < 1.29 is 23.5 Å². The highest BCUT2D eigenvalue weighted by Crippen LogP contribution is 2.14. The number of primary amides is 1. The topological polar surface area (TPSA) is 80.4 Å². The van der Waals surface area contributed by atoms with Gasteiger partial charge in [0.1, 0.15) is 11.6 Å². The van der Waals surface area contributed by atoms with Crippen molar-refractivity contribution >= 4 is 11.9 Å². The molecule has 6 heteroatoms. The summed E-state index contributed by atoms with van der Waals surface area (Å²) in [4.78, 5) is 20.8. The van der Waals surface area contributed by atoms with Gasteiger partial charge in [-0.25, -0.2) is 13.6 Å². The second-order valence-electron chi connectivity index (χ2n) is 2.73. The number of halogens is 2. The van der Waals surface area contributed by atoms with Crippen LogP contribution in [-0.2, 0) is 4.79 Å². The Hall–Kier alpha value is -2.42. The van der Waals surface area contributed by atoms with Crippen LogP contribution in [0.5, 0.6) is 0 Å². The fraction of sp³-hybridized carbons (Fsp3) is 0. The van der Waals surface area contributed by atoms with Gasteiger partial charge in [0.2, 0.25) is 0 Å². The van der Waals surface area contributed by atoms with Crippen LogP contribution in [0.15, 0.2) is 12.1 Å². The minimum absolute atomic E-state index is 0.383. The molecule has 0 saturated heterocycles. The summed E-state index contributed by atoms with van der Waals surface area (Å²) >= 11 is 0. The third kappa shape index (κ3) is 2.54. The summed E-state index contributed by atoms with van der Waals surface area (Å²) < 4.78 is 26.0. The Bertz CT molecular complexity index is 529. The molecule has 0 heterocycles. The molecule has 0 saturated carbocycles. The molecule has 0 aromatic heterocycles. The molecule has 1 aromatic carbocycles. The van der Waals surface area contributed by atoms with E-state index in [0.717, 1.165) is 0 Å². The Morgan fingerprint density at radius 2 is 1.88 bits per heavy atom. The fourth-order valence-corrected chi connectivity index (χ4v) is 0.938. The van der Waals surface area contributed by atoms with Gasteiger partial charge in [-0.3, -0.25) is 4.79 Å². The Balaban J connectivity index is 3.32. The first kappa shape index (κ1) is 11.7. The highest BCUT2D eigenvalue weighted by molar-refractivity contribution is 5.93. The maximum Gasteiger partial charge on any atom is 0.338 e. The molecule has 0 atom stereocenters. The van der Waals surface area contributed by atoms with Gasteiger partial charge in [-0.05, 0) is 6.07 Å². The van der Waals surface area contributed by atoms with Crippen molar-refractivity contribution in [1.29, 1.82) is 0 Å². The van der Waals surface area contributed by atoms with E-state index in [1.54, 1.807) is 0 Å². The van der Waals surface area contributed by atoms with Crippen molar-refractivity contribution in [3.63, 3.8) is 0 Å². The van der Waals surface area contributed by atoms with Crippen LogP contribution in [-0.4, -0.2) is 17.0 Å². The Morgan fingerprint density at radius 3 is 2.38 bits per heavy atom. The minimum Gasteiger partial charge on any atom is -0.478 e. The maximum absolute atomic E-state index is 13.1. The first-order valence-electron chi connectivity index (χ1n) is 3.95. The molecule has 1 rings (SSSR count). The van der Waals surface area contributed by atoms with Gasteiger partial charge >= 0.3 is 5.97 Å². The first-order chi connectivity index (χ1) is 7.41. The van der Waals surface area contributed by atoms with Crippen LogP contribution in [0.1, 0.15) is 15.9 Å². The highest BCUT2D eigenvalue weighted by Gasteiger charge is 2.14. The van der Waals surface area contributed by atoms with E-state index in [9.17, 15) is 18.4 Å². The molecule has 0 aliphatic rings. The molecule has 0 unspecified atom stereocenters. The molecular weight excluding hydrogens is 220 g/mol. The Kier molecular flexibility index (Phi) is 3.20. The lowest BCUT2D eigenvalue weighted by molar-refractivity contribution is -0.112. The second-order valence-corrected chi connectivity index (χ2v) is 2.73. The van der Waals surface area contributed by atoms with Gasteiger partial charge in [0.05, 0.1) is 11.1 Å². The molecule has 1 amide bonds. The van der Waals surface area contributed by atoms with Gasteiger partial charge in [-0.2, -0.15) is 0 Å². The van der Waals surface area contributed by atoms with E-state index in [1.807, 2.05) is 11.8 Å². The van der Waals surface area contributed by atoms with Crippen LogP contribution in [0, 0.1) is 23.5 Å². The number of carboxylic acid groups (broad SMARTS) is 1.